The molecule has 0 aliphatic rings. The van der Waals surface area contributed by atoms with Gasteiger partial charge in [-0.2, -0.15) is 9.57 Å². The van der Waals surface area contributed by atoms with Gasteiger partial charge in [-0.15, -0.1) is 24.5 Å². The van der Waals surface area contributed by atoms with Crippen LogP contribution in [0.5, 0.6) is 5.75 Å². The zero-order chi connectivity index (χ0) is 24.5. The summed E-state index contributed by atoms with van der Waals surface area (Å²) in [7, 11) is -5.01. The second-order valence-corrected chi connectivity index (χ2v) is 9.51. The molecule has 1 heterocycles. The Morgan fingerprint density at radius 1 is 1.28 bits per heavy atom. The van der Waals surface area contributed by atoms with E-state index in [-0.39, 0.29) is 15.4 Å². The van der Waals surface area contributed by atoms with Gasteiger partial charge in [0.1, 0.15) is 16.4 Å². The minimum absolute atomic E-state index is 0.0978. The Kier molecular flexibility index (Phi) is 6.88. The minimum Gasteiger partial charge on any atom is -0.406 e. The maximum absolute atomic E-state index is 13.4. The first-order chi connectivity index (χ1) is 14.6. The summed E-state index contributed by atoms with van der Waals surface area (Å²) in [6, 6.07) is 5.02. The van der Waals surface area contributed by atoms with Gasteiger partial charge in [-0.05, 0) is 43.0 Å². The molecule has 0 unspecified atom stereocenters. The Balaban J connectivity index is 2.79. The van der Waals surface area contributed by atoms with Gasteiger partial charge in [0.25, 0.3) is 21.8 Å². The lowest BCUT2D eigenvalue weighted by atomic mass is 10.1. The molecule has 0 saturated carbocycles. The van der Waals surface area contributed by atoms with Crippen LogP contribution in [0.2, 0.25) is 0 Å². The van der Waals surface area contributed by atoms with Gasteiger partial charge in [-0.1, -0.05) is 0 Å². The number of nitriles is 1. The van der Waals surface area contributed by atoms with Crippen molar-refractivity contribution in [1.29, 1.82) is 5.26 Å². The quantitative estimate of drug-likeness (QED) is 0.603. The van der Waals surface area contributed by atoms with Gasteiger partial charge in [-0.3, -0.25) is 9.59 Å². The van der Waals surface area contributed by atoms with Gasteiger partial charge >= 0.3 is 6.36 Å². The fourth-order valence-electron chi connectivity index (χ4n) is 2.48. The van der Waals surface area contributed by atoms with Crippen LogP contribution in [0.3, 0.4) is 0 Å². The molecule has 0 fully saturated rings. The second-order valence-electron chi connectivity index (χ2n) is 6.83. The van der Waals surface area contributed by atoms with Gasteiger partial charge < -0.3 is 15.6 Å². The van der Waals surface area contributed by atoms with E-state index in [4.69, 9.17) is 11.0 Å². The molecule has 0 radical (unpaired) electrons. The minimum atomic E-state index is -5.16. The number of nitrogens with zero attached hydrogens (tertiary/aromatic N) is 2. The number of hydrogen-bond donors (Lipinski definition) is 2. The normalized spacial score (nSPS) is 12.2. The van der Waals surface area contributed by atoms with Crippen molar-refractivity contribution >= 4 is 38.2 Å². The summed E-state index contributed by atoms with van der Waals surface area (Å²) in [4.78, 5) is 23.8. The van der Waals surface area contributed by atoms with E-state index in [1.165, 1.54) is 5.38 Å². The number of alkyl halides is 3. The fourth-order valence-corrected chi connectivity index (χ4v) is 5.24. The largest absolute Gasteiger partial charge is 0.573 e. The first-order valence-corrected chi connectivity index (χ1v) is 10.9. The highest BCUT2D eigenvalue weighted by molar-refractivity contribution is 7.93. The van der Waals surface area contributed by atoms with Crippen molar-refractivity contribution in [3.05, 3.63) is 40.8 Å². The van der Waals surface area contributed by atoms with Crippen LogP contribution >= 0.6 is 11.3 Å². The molecule has 14 heteroatoms. The average molecular weight is 491 g/mol. The number of halogens is 3. The number of ether oxygens (including phenoxy) is 1. The highest BCUT2D eigenvalue weighted by Crippen LogP contribution is 2.36. The lowest BCUT2D eigenvalue weighted by Crippen LogP contribution is -2.48. The van der Waals surface area contributed by atoms with Gasteiger partial charge in [0.15, 0.2) is 0 Å². The average Bonchev–Trinajstić information content (AvgIpc) is 3.09. The standard InChI is InChI=1S/C18H16F3N3O6S2/c1-17(2,27)16(26)24(15-13(14(23)25)4-6-31-15)32(28,29)12-8-10(3-5-22)7-11(9-12)30-18(19,20)21/h4,6-9,27H,3H2,1-2H3,(H2,23,25). The van der Waals surface area contributed by atoms with Gasteiger partial charge in [-0.25, -0.2) is 8.42 Å². The molecule has 172 valence electrons. The molecule has 2 aromatic rings. The van der Waals surface area contributed by atoms with Gasteiger partial charge in [0, 0.05) is 6.07 Å². The summed E-state index contributed by atoms with van der Waals surface area (Å²) >= 11 is 0.631. The molecule has 32 heavy (non-hydrogen) atoms. The predicted molar refractivity (Wildman–Crippen MR) is 106 cm³/mol. The highest BCUT2D eigenvalue weighted by atomic mass is 32.2. The van der Waals surface area contributed by atoms with Crippen molar-refractivity contribution in [3.63, 3.8) is 0 Å². The van der Waals surface area contributed by atoms with Gasteiger partial charge in [0.05, 0.1) is 22.9 Å². The van der Waals surface area contributed by atoms with E-state index >= 15 is 0 Å². The van der Waals surface area contributed by atoms with Crippen molar-refractivity contribution in [2.24, 2.45) is 5.73 Å². The SMILES string of the molecule is CC(C)(O)C(=O)N(c1sccc1C(N)=O)S(=O)(=O)c1cc(CC#N)cc(OC(F)(F)F)c1. The molecule has 0 atom stereocenters. The van der Waals surface area contributed by atoms with Crippen LogP contribution in [0.15, 0.2) is 34.5 Å². The van der Waals surface area contributed by atoms with Gasteiger partial charge in [0.2, 0.25) is 0 Å². The van der Waals surface area contributed by atoms with E-state index in [0.29, 0.717) is 17.4 Å². The molecule has 0 aliphatic heterocycles. The van der Waals surface area contributed by atoms with E-state index in [2.05, 4.69) is 4.74 Å². The molecule has 2 amide bonds. The molecular formula is C18H16F3N3O6S2. The smallest absolute Gasteiger partial charge is 0.406 e. The second kappa shape index (κ2) is 8.77. The molecular weight excluding hydrogens is 475 g/mol. The van der Waals surface area contributed by atoms with E-state index in [1.54, 1.807) is 6.07 Å². The van der Waals surface area contributed by atoms with Crippen molar-refractivity contribution < 1.29 is 41.0 Å². The number of carbonyl (C=O) groups excluding carboxylic acids is 2. The summed E-state index contributed by atoms with van der Waals surface area (Å²) in [6.45, 7) is 1.97. The number of amides is 2. The number of anilines is 1. The summed E-state index contributed by atoms with van der Waals surface area (Å²) in [5, 5.41) is 19.8. The fraction of sp³-hybridized carbons (Fsp3) is 0.278. The molecule has 3 N–H and O–H groups in total. The third kappa shape index (κ3) is 5.55. The molecule has 0 bridgehead atoms. The summed E-state index contributed by atoms with van der Waals surface area (Å²) in [5.41, 5.74) is 2.46. The van der Waals surface area contributed by atoms with Crippen molar-refractivity contribution in [2.45, 2.75) is 37.1 Å². The van der Waals surface area contributed by atoms with Crippen LogP contribution in [0.25, 0.3) is 0 Å². The van der Waals surface area contributed by atoms with Crippen molar-refractivity contribution in [3.8, 4) is 11.8 Å². The topological polar surface area (TPSA) is 151 Å². The molecule has 0 aliphatic carbocycles. The summed E-state index contributed by atoms with van der Waals surface area (Å²) in [5.74, 6) is -3.42. The molecule has 9 nitrogen and oxygen atoms in total. The Labute approximate surface area is 184 Å². The van der Waals surface area contributed by atoms with Crippen LogP contribution < -0.4 is 14.8 Å². The number of hydrogen-bond acceptors (Lipinski definition) is 8. The number of primary amides is 1. The number of aliphatic hydroxyl groups is 1. The summed E-state index contributed by atoms with van der Waals surface area (Å²) in [6.07, 6.45) is -5.63. The Hall–Kier alpha value is -3.15. The highest BCUT2D eigenvalue weighted by Gasteiger charge is 2.41. The Morgan fingerprint density at radius 3 is 2.41 bits per heavy atom. The molecule has 1 aromatic carbocycles. The number of carbonyl (C=O) groups is 2. The molecule has 0 saturated heterocycles. The van der Waals surface area contributed by atoms with E-state index < -0.39 is 55.9 Å². The number of thiophene rings is 1. The summed E-state index contributed by atoms with van der Waals surface area (Å²) < 4.78 is 68.8. The van der Waals surface area contributed by atoms with Crippen LogP contribution in [0.1, 0.15) is 29.8 Å². The van der Waals surface area contributed by atoms with E-state index in [0.717, 1.165) is 32.0 Å². The maximum Gasteiger partial charge on any atom is 0.573 e. The van der Waals surface area contributed by atoms with Crippen molar-refractivity contribution in [2.75, 3.05) is 4.31 Å². The number of rotatable bonds is 7. The number of benzene rings is 1. The molecule has 1 aromatic heterocycles. The lowest BCUT2D eigenvalue weighted by Gasteiger charge is -2.28. The van der Waals surface area contributed by atoms with Crippen LogP contribution in [-0.2, 0) is 21.2 Å². The third-order valence-electron chi connectivity index (χ3n) is 3.80. The zero-order valence-electron chi connectivity index (χ0n) is 16.5. The maximum atomic E-state index is 13.4. The van der Waals surface area contributed by atoms with Crippen molar-refractivity contribution in [1.82, 2.24) is 0 Å². The van der Waals surface area contributed by atoms with Crippen LogP contribution in [-0.4, -0.2) is 37.3 Å². The predicted octanol–water partition coefficient (Wildman–Crippen LogP) is 2.30. The molecule has 2 rings (SSSR count). The van der Waals surface area contributed by atoms with Crippen LogP contribution in [0, 0.1) is 11.3 Å². The Morgan fingerprint density at radius 2 is 1.91 bits per heavy atom. The first kappa shape index (κ1) is 25.1. The zero-order valence-corrected chi connectivity index (χ0v) is 18.1. The molecule has 0 spiro atoms. The number of sulfonamides is 1. The Bertz CT molecular complexity index is 1190. The van der Waals surface area contributed by atoms with Crippen LogP contribution in [0.4, 0.5) is 18.2 Å². The van der Waals surface area contributed by atoms with E-state index in [9.17, 15) is 36.3 Å². The monoisotopic (exact) mass is 491 g/mol. The van der Waals surface area contributed by atoms with E-state index in [1.807, 2.05) is 0 Å². The lowest BCUT2D eigenvalue weighted by molar-refractivity contribution is -0.274. The number of nitrogens with two attached hydrogens (primary N) is 1. The third-order valence-corrected chi connectivity index (χ3v) is 6.47. The first-order valence-electron chi connectivity index (χ1n) is 8.54.